The van der Waals surface area contributed by atoms with Crippen molar-refractivity contribution in [2.24, 2.45) is 11.8 Å². The summed E-state index contributed by atoms with van der Waals surface area (Å²) < 4.78 is 31.1. The van der Waals surface area contributed by atoms with Crippen molar-refractivity contribution >= 4 is 18.2 Å². The third-order valence-electron chi connectivity index (χ3n) is 3.43. The summed E-state index contributed by atoms with van der Waals surface area (Å²) in [6.45, 7) is 15.1. The van der Waals surface area contributed by atoms with Crippen molar-refractivity contribution in [2.75, 3.05) is 0 Å². The van der Waals surface area contributed by atoms with Gasteiger partial charge < -0.3 is 0 Å². The van der Waals surface area contributed by atoms with Gasteiger partial charge in [0.2, 0.25) is 0 Å². The zero-order chi connectivity index (χ0) is 15.5. The maximum absolute atomic E-state index is 11.0. The van der Waals surface area contributed by atoms with Gasteiger partial charge in [0.25, 0.3) is 10.1 Å². The van der Waals surface area contributed by atoms with Crippen LogP contribution in [0.2, 0.25) is 17.1 Å². The Kier molecular flexibility index (Phi) is 6.50. The summed E-state index contributed by atoms with van der Waals surface area (Å²) in [7, 11) is -6.17. The van der Waals surface area contributed by atoms with E-state index in [1.54, 1.807) is 0 Å². The summed E-state index contributed by atoms with van der Waals surface area (Å²) in [5, 5.41) is 0.915. The largest absolute Gasteiger partial charge is 0.287 e. The van der Waals surface area contributed by atoms with Crippen LogP contribution in [0, 0.1) is 17.5 Å². The molecule has 0 aliphatic rings. The minimum absolute atomic E-state index is 0.0166. The van der Waals surface area contributed by atoms with Gasteiger partial charge >= 0.3 is 0 Å². The summed E-state index contributed by atoms with van der Waals surface area (Å²) in [6.07, 6.45) is 0. The Hall–Kier alpha value is -0.133. The minimum Gasteiger partial charge on any atom is -0.282 e. The lowest BCUT2D eigenvalue weighted by atomic mass is 10.2. The third kappa shape index (κ3) is 6.72. The van der Waals surface area contributed by atoms with Crippen molar-refractivity contribution in [2.45, 2.75) is 65.6 Å². The molecule has 0 aromatic rings. The Labute approximate surface area is 120 Å². The molecular weight excluding hydrogens is 276 g/mol. The van der Waals surface area contributed by atoms with Crippen LogP contribution in [0.3, 0.4) is 0 Å². The van der Waals surface area contributed by atoms with Gasteiger partial charge in [0.15, 0.2) is 0 Å². The second-order valence-electron chi connectivity index (χ2n) is 7.31. The lowest BCUT2D eigenvalue weighted by Crippen LogP contribution is -2.45. The van der Waals surface area contributed by atoms with Crippen LogP contribution < -0.4 is 0 Å². The molecule has 0 atom stereocenters. The molecule has 5 heteroatoms. The summed E-state index contributed by atoms with van der Waals surface area (Å²) >= 11 is 0. The number of rotatable bonds is 6. The van der Waals surface area contributed by atoms with Gasteiger partial charge in [0.05, 0.1) is 13.5 Å². The quantitative estimate of drug-likeness (QED) is 0.588. The van der Waals surface area contributed by atoms with Gasteiger partial charge in [-0.1, -0.05) is 60.6 Å². The maximum atomic E-state index is 11.0. The summed E-state index contributed by atoms with van der Waals surface area (Å²) in [5.41, 5.74) is 3.15. The van der Waals surface area contributed by atoms with Crippen LogP contribution >= 0.6 is 0 Å². The summed E-state index contributed by atoms with van der Waals surface area (Å²) in [5.74, 6) is 0.985. The van der Waals surface area contributed by atoms with Gasteiger partial charge in [-0.15, -0.1) is 0 Å². The van der Waals surface area contributed by atoms with Gasteiger partial charge in [-0.2, -0.15) is 8.42 Å². The second kappa shape index (κ2) is 6.55. The van der Waals surface area contributed by atoms with Crippen LogP contribution in [0.1, 0.15) is 48.5 Å². The molecule has 0 amide bonds. The van der Waals surface area contributed by atoms with E-state index in [0.29, 0.717) is 11.8 Å². The van der Waals surface area contributed by atoms with Crippen LogP contribution in [-0.4, -0.2) is 21.0 Å². The van der Waals surface area contributed by atoms with E-state index in [2.05, 4.69) is 54.2 Å². The predicted molar refractivity (Wildman–Crippen MR) is 84.1 cm³/mol. The Balaban J connectivity index is 5.69. The smallest absolute Gasteiger partial charge is 0.282 e. The van der Waals surface area contributed by atoms with E-state index in [9.17, 15) is 8.42 Å². The van der Waals surface area contributed by atoms with Crippen LogP contribution in [0.4, 0.5) is 0 Å². The zero-order valence-corrected chi connectivity index (χ0v) is 15.1. The monoisotopic (exact) mass is 305 g/mol. The molecule has 0 aliphatic carbocycles. The predicted octanol–water partition coefficient (Wildman–Crippen LogP) is 4.29. The molecule has 0 saturated carbocycles. The molecule has 0 rings (SSSR count). The fraction of sp³-hybridized carbons (Fsp3) is 0.857. The molecule has 0 saturated heterocycles. The van der Waals surface area contributed by atoms with E-state index in [1.165, 1.54) is 0 Å². The van der Waals surface area contributed by atoms with Crippen molar-refractivity contribution in [1.29, 1.82) is 0 Å². The van der Waals surface area contributed by atoms with Crippen molar-refractivity contribution < 1.29 is 13.0 Å². The molecule has 0 unspecified atom stereocenters. The average Bonchev–Trinajstić information content (AvgIpc) is 2.09. The highest BCUT2D eigenvalue weighted by Gasteiger charge is 2.43. The third-order valence-corrected chi connectivity index (χ3v) is 10.7. The van der Waals surface area contributed by atoms with Gasteiger partial charge in [-0.3, -0.25) is 4.55 Å². The summed E-state index contributed by atoms with van der Waals surface area (Å²) in [6, 6.07) is 1.97. The molecule has 3 nitrogen and oxygen atoms in total. The molecule has 0 aliphatic heterocycles. The number of hydrogen-bond donors (Lipinski definition) is 1. The molecule has 0 aromatic carbocycles. The molecule has 19 heavy (non-hydrogen) atoms. The fourth-order valence-corrected chi connectivity index (χ4v) is 8.96. The molecule has 0 fully saturated rings. The highest BCUT2D eigenvalue weighted by atomic mass is 32.2. The first-order valence-corrected chi connectivity index (χ1v) is 10.8. The Morgan fingerprint density at radius 1 is 1.11 bits per heavy atom. The molecule has 1 N–H and O–H groups in total. The Morgan fingerprint density at radius 2 is 1.47 bits per heavy atom. The Bertz CT molecular complexity index is 393. The molecule has 0 heterocycles. The SMILES string of the molecule is CC(C)C[Si](/[C]=C/S(=O)(=O)O)(CC(C)C)C(C)(C)C. The topological polar surface area (TPSA) is 54.4 Å². The average molecular weight is 306 g/mol. The highest BCUT2D eigenvalue weighted by Crippen LogP contribution is 2.45. The molecule has 0 bridgehead atoms. The van der Waals surface area contributed by atoms with E-state index in [4.69, 9.17) is 4.55 Å². The second-order valence-corrected chi connectivity index (χ2v) is 13.3. The first kappa shape index (κ1) is 18.9. The maximum Gasteiger partial charge on any atom is 0.287 e. The van der Waals surface area contributed by atoms with Crippen molar-refractivity contribution in [3.05, 3.63) is 11.1 Å². The fourth-order valence-electron chi connectivity index (χ4n) is 2.61. The van der Waals surface area contributed by atoms with E-state index < -0.39 is 18.2 Å². The lowest BCUT2D eigenvalue weighted by Gasteiger charge is -2.43. The van der Waals surface area contributed by atoms with Crippen LogP contribution in [-0.2, 0) is 10.1 Å². The minimum atomic E-state index is -4.09. The van der Waals surface area contributed by atoms with Crippen molar-refractivity contribution in [3.63, 3.8) is 0 Å². The lowest BCUT2D eigenvalue weighted by molar-refractivity contribution is 0.494. The normalized spacial score (nSPS) is 14.8. The van der Waals surface area contributed by atoms with Crippen LogP contribution in [0.15, 0.2) is 5.41 Å². The molecule has 0 aromatic heterocycles. The Morgan fingerprint density at radius 3 is 1.68 bits per heavy atom. The van der Waals surface area contributed by atoms with Gasteiger partial charge in [0, 0.05) is 0 Å². The molecule has 0 spiro atoms. The molecule has 113 valence electrons. The van der Waals surface area contributed by atoms with Gasteiger partial charge in [0.1, 0.15) is 0 Å². The van der Waals surface area contributed by atoms with Gasteiger partial charge in [-0.05, 0) is 22.6 Å². The van der Waals surface area contributed by atoms with E-state index >= 15 is 0 Å². The molecule has 1 radical (unpaired) electrons. The van der Waals surface area contributed by atoms with E-state index in [1.807, 2.05) is 0 Å². The first-order chi connectivity index (χ1) is 8.29. The molecular formula is C14H29O3SSi. The zero-order valence-electron chi connectivity index (χ0n) is 13.3. The van der Waals surface area contributed by atoms with Gasteiger partial charge in [-0.25, -0.2) is 0 Å². The number of hydrogen-bond acceptors (Lipinski definition) is 2. The first-order valence-electron chi connectivity index (χ1n) is 6.87. The van der Waals surface area contributed by atoms with Crippen LogP contribution in [0.25, 0.3) is 0 Å². The standard InChI is InChI=1S/C14H29O3SSi/c1-12(2)10-19(11-13(3)4,14(5,6)7)9-8-18(15,16)17/h8,12-13H,10-11H2,1-7H3,(H,15,16,17). The highest BCUT2D eigenvalue weighted by molar-refractivity contribution is 7.88. The summed E-state index contributed by atoms with van der Waals surface area (Å²) in [4.78, 5) is 0. The van der Waals surface area contributed by atoms with Crippen molar-refractivity contribution in [3.8, 4) is 0 Å². The van der Waals surface area contributed by atoms with E-state index in [0.717, 1.165) is 17.5 Å². The van der Waals surface area contributed by atoms with Crippen molar-refractivity contribution in [1.82, 2.24) is 0 Å². The van der Waals surface area contributed by atoms with E-state index in [-0.39, 0.29) is 5.04 Å². The van der Waals surface area contributed by atoms with Crippen LogP contribution in [0.5, 0.6) is 0 Å².